The summed E-state index contributed by atoms with van der Waals surface area (Å²) in [6.07, 6.45) is 1.53. The molecule has 2 aliphatic heterocycles. The molecule has 2 aliphatic rings. The summed E-state index contributed by atoms with van der Waals surface area (Å²) in [5, 5.41) is 0.533. The van der Waals surface area contributed by atoms with Crippen LogP contribution in [0.4, 0.5) is 5.69 Å². The zero-order valence-electron chi connectivity index (χ0n) is 13.5. The molecule has 24 heavy (non-hydrogen) atoms. The van der Waals surface area contributed by atoms with E-state index in [1.807, 2.05) is 6.92 Å². The molecule has 1 unspecified atom stereocenters. The highest BCUT2D eigenvalue weighted by Gasteiger charge is 2.46. The Morgan fingerprint density at radius 3 is 2.54 bits per heavy atom. The molecule has 0 spiro atoms. The number of nitrogens with zero attached hydrogens (tertiary/aromatic N) is 1. The summed E-state index contributed by atoms with van der Waals surface area (Å²) in [5.74, 6) is -0.784. The standard InChI is InChI=1S/C17H20ClN3O3/c1-10-2-3-12(8-13(10)18)21-15(22)9-14(17(21)24)20-6-4-11(5-7-20)16(19)23/h2-3,8,11,14H,4-7,9H2,1H3,(H2,19,23)/p+1. The highest BCUT2D eigenvalue weighted by atomic mass is 35.5. The number of imide groups is 1. The summed E-state index contributed by atoms with van der Waals surface area (Å²) in [4.78, 5) is 38.7. The van der Waals surface area contributed by atoms with Crippen LogP contribution in [0.25, 0.3) is 0 Å². The van der Waals surface area contributed by atoms with E-state index in [2.05, 4.69) is 0 Å². The number of piperidine rings is 1. The van der Waals surface area contributed by atoms with Crippen LogP contribution in [0.15, 0.2) is 18.2 Å². The zero-order valence-corrected chi connectivity index (χ0v) is 14.3. The number of hydrogen-bond acceptors (Lipinski definition) is 3. The van der Waals surface area contributed by atoms with Gasteiger partial charge in [-0.05, 0) is 24.6 Å². The summed E-state index contributed by atoms with van der Waals surface area (Å²) in [7, 11) is 0. The molecule has 0 bridgehead atoms. The number of aryl methyl sites for hydroxylation is 1. The Morgan fingerprint density at radius 2 is 1.96 bits per heavy atom. The predicted molar refractivity (Wildman–Crippen MR) is 89.7 cm³/mol. The monoisotopic (exact) mass is 350 g/mol. The van der Waals surface area contributed by atoms with Crippen LogP contribution in [0, 0.1) is 12.8 Å². The third-order valence-electron chi connectivity index (χ3n) is 5.08. The lowest BCUT2D eigenvalue weighted by molar-refractivity contribution is -0.920. The van der Waals surface area contributed by atoms with E-state index < -0.39 is 0 Å². The molecule has 2 fully saturated rings. The van der Waals surface area contributed by atoms with Gasteiger partial charge < -0.3 is 10.6 Å². The van der Waals surface area contributed by atoms with Crippen molar-refractivity contribution in [2.75, 3.05) is 18.0 Å². The number of nitrogens with two attached hydrogens (primary N) is 1. The Labute approximate surface area is 145 Å². The van der Waals surface area contributed by atoms with E-state index in [1.54, 1.807) is 18.2 Å². The molecule has 1 aromatic rings. The molecule has 2 saturated heterocycles. The summed E-state index contributed by atoms with van der Waals surface area (Å²) >= 11 is 6.12. The number of benzene rings is 1. The second kappa shape index (κ2) is 6.53. The zero-order chi connectivity index (χ0) is 17.4. The summed E-state index contributed by atoms with van der Waals surface area (Å²) in [5.41, 5.74) is 6.77. The normalized spacial score (nSPS) is 27.6. The van der Waals surface area contributed by atoms with Crippen molar-refractivity contribution in [1.29, 1.82) is 0 Å². The van der Waals surface area contributed by atoms with E-state index in [4.69, 9.17) is 17.3 Å². The number of carbonyl (C=O) groups excluding carboxylic acids is 3. The van der Waals surface area contributed by atoms with Gasteiger partial charge >= 0.3 is 0 Å². The molecule has 0 radical (unpaired) electrons. The lowest BCUT2D eigenvalue weighted by atomic mass is 9.95. The summed E-state index contributed by atoms with van der Waals surface area (Å²) in [6, 6.07) is 4.82. The molecule has 0 saturated carbocycles. The van der Waals surface area contributed by atoms with Crippen LogP contribution in [0.1, 0.15) is 24.8 Å². The van der Waals surface area contributed by atoms with Crippen molar-refractivity contribution >= 4 is 35.0 Å². The second-order valence-electron chi connectivity index (χ2n) is 6.59. The maximum Gasteiger partial charge on any atom is 0.292 e. The van der Waals surface area contributed by atoms with Gasteiger partial charge in [0.1, 0.15) is 0 Å². The fraction of sp³-hybridized carbons (Fsp3) is 0.471. The Morgan fingerprint density at radius 1 is 1.29 bits per heavy atom. The first-order valence-corrected chi connectivity index (χ1v) is 8.53. The van der Waals surface area contributed by atoms with Crippen molar-refractivity contribution in [2.24, 2.45) is 11.7 Å². The van der Waals surface area contributed by atoms with Crippen LogP contribution in [-0.2, 0) is 14.4 Å². The number of anilines is 1. The molecule has 7 heteroatoms. The van der Waals surface area contributed by atoms with Gasteiger partial charge in [-0.1, -0.05) is 17.7 Å². The van der Waals surface area contributed by atoms with Gasteiger partial charge in [0, 0.05) is 23.8 Å². The Kier molecular flexibility index (Phi) is 4.60. The molecule has 0 aliphatic carbocycles. The van der Waals surface area contributed by atoms with E-state index in [9.17, 15) is 14.4 Å². The van der Waals surface area contributed by atoms with Gasteiger partial charge in [-0.25, -0.2) is 4.90 Å². The molecule has 6 nitrogen and oxygen atoms in total. The van der Waals surface area contributed by atoms with Crippen LogP contribution in [0.2, 0.25) is 5.02 Å². The molecular weight excluding hydrogens is 330 g/mol. The third-order valence-corrected chi connectivity index (χ3v) is 5.49. The van der Waals surface area contributed by atoms with Gasteiger partial charge in [-0.15, -0.1) is 0 Å². The van der Waals surface area contributed by atoms with Crippen molar-refractivity contribution < 1.29 is 19.3 Å². The smallest absolute Gasteiger partial charge is 0.292 e. The van der Waals surface area contributed by atoms with E-state index in [1.165, 1.54) is 4.90 Å². The molecule has 0 aromatic heterocycles. The van der Waals surface area contributed by atoms with Crippen molar-refractivity contribution in [3.05, 3.63) is 28.8 Å². The van der Waals surface area contributed by atoms with Crippen molar-refractivity contribution in [3.8, 4) is 0 Å². The lowest BCUT2D eigenvalue weighted by Crippen LogP contribution is -3.17. The van der Waals surface area contributed by atoms with Gasteiger partial charge in [0.15, 0.2) is 6.04 Å². The van der Waals surface area contributed by atoms with Crippen LogP contribution in [0.3, 0.4) is 0 Å². The second-order valence-corrected chi connectivity index (χ2v) is 7.00. The minimum atomic E-state index is -0.383. The van der Waals surface area contributed by atoms with Crippen molar-refractivity contribution in [2.45, 2.75) is 32.2 Å². The number of primary amides is 1. The largest absolute Gasteiger partial charge is 0.369 e. The van der Waals surface area contributed by atoms with Crippen LogP contribution in [0.5, 0.6) is 0 Å². The van der Waals surface area contributed by atoms with Crippen molar-refractivity contribution in [1.82, 2.24) is 0 Å². The van der Waals surface area contributed by atoms with E-state index in [0.29, 0.717) is 36.6 Å². The van der Waals surface area contributed by atoms with Gasteiger partial charge in [0.2, 0.25) is 11.8 Å². The Bertz CT molecular complexity index is 698. The van der Waals surface area contributed by atoms with Gasteiger partial charge in [-0.3, -0.25) is 14.4 Å². The number of amides is 3. The molecular formula is C17H21ClN3O3+. The third kappa shape index (κ3) is 3.03. The molecule has 128 valence electrons. The number of carbonyl (C=O) groups is 3. The first-order chi connectivity index (χ1) is 11.4. The number of nitrogens with one attached hydrogen (secondary N) is 1. The molecule has 3 N–H and O–H groups in total. The molecule has 1 atom stereocenters. The van der Waals surface area contributed by atoms with Gasteiger partial charge in [0.25, 0.3) is 5.91 Å². The Hall–Kier alpha value is -1.92. The van der Waals surface area contributed by atoms with Gasteiger partial charge in [0.05, 0.1) is 25.2 Å². The van der Waals surface area contributed by atoms with E-state index >= 15 is 0 Å². The number of hydrogen-bond donors (Lipinski definition) is 2. The van der Waals surface area contributed by atoms with E-state index in [0.717, 1.165) is 10.5 Å². The van der Waals surface area contributed by atoms with Crippen LogP contribution < -0.4 is 15.5 Å². The molecule has 3 rings (SSSR count). The fourth-order valence-electron chi connectivity index (χ4n) is 3.56. The topological polar surface area (TPSA) is 84.9 Å². The maximum atomic E-state index is 12.8. The average Bonchev–Trinajstić information content (AvgIpc) is 2.85. The predicted octanol–water partition coefficient (Wildman–Crippen LogP) is 0.0605. The Balaban J connectivity index is 1.75. The molecule has 3 amide bonds. The molecule has 1 aromatic carbocycles. The highest BCUT2D eigenvalue weighted by molar-refractivity contribution is 6.32. The van der Waals surface area contributed by atoms with Crippen molar-refractivity contribution in [3.63, 3.8) is 0 Å². The minimum absolute atomic E-state index is 0.118. The number of halogens is 1. The minimum Gasteiger partial charge on any atom is -0.369 e. The first-order valence-electron chi connectivity index (χ1n) is 8.15. The van der Waals surface area contributed by atoms with Crippen LogP contribution in [-0.4, -0.2) is 36.9 Å². The summed E-state index contributed by atoms with van der Waals surface area (Å²) < 4.78 is 0. The number of likely N-dealkylation sites (tertiary alicyclic amines) is 1. The van der Waals surface area contributed by atoms with E-state index in [-0.39, 0.29) is 36.1 Å². The molecule has 2 heterocycles. The number of quaternary nitrogens is 1. The SMILES string of the molecule is Cc1ccc(N2C(=O)CC([NH+]3CCC(C(N)=O)CC3)C2=O)cc1Cl. The fourth-order valence-corrected chi connectivity index (χ4v) is 3.74. The maximum absolute atomic E-state index is 12.8. The quantitative estimate of drug-likeness (QED) is 0.756. The first kappa shape index (κ1) is 16.9. The van der Waals surface area contributed by atoms with Crippen LogP contribution >= 0.6 is 11.6 Å². The summed E-state index contributed by atoms with van der Waals surface area (Å²) in [6.45, 7) is 3.23. The average molecular weight is 351 g/mol. The highest BCUT2D eigenvalue weighted by Crippen LogP contribution is 2.27. The number of rotatable bonds is 3. The lowest BCUT2D eigenvalue weighted by Gasteiger charge is -2.30. The van der Waals surface area contributed by atoms with Gasteiger partial charge in [-0.2, -0.15) is 0 Å².